The largest absolute Gasteiger partial charge is 0.345 e. The molecule has 2 aromatic rings. The third kappa shape index (κ3) is 4.85. The summed E-state index contributed by atoms with van der Waals surface area (Å²) in [7, 11) is 1.82. The summed E-state index contributed by atoms with van der Waals surface area (Å²) in [5.41, 5.74) is 0.988. The lowest BCUT2D eigenvalue weighted by molar-refractivity contribution is -0.134. The number of hydrogen-bond acceptors (Lipinski definition) is 4. The van der Waals surface area contributed by atoms with Crippen molar-refractivity contribution in [3.05, 3.63) is 60.4 Å². The Labute approximate surface area is 158 Å². The fraction of sp³-hybridized carbons (Fsp3) is 0.350. The van der Waals surface area contributed by atoms with Gasteiger partial charge in [-0.15, -0.1) is 11.8 Å². The minimum atomic E-state index is -0.245. The van der Waals surface area contributed by atoms with E-state index in [1.165, 1.54) is 4.90 Å². The highest BCUT2D eigenvalue weighted by molar-refractivity contribution is 7.99. The number of nitrogens with zero attached hydrogens (tertiary/aromatic N) is 3. The van der Waals surface area contributed by atoms with Crippen molar-refractivity contribution in [1.29, 1.82) is 0 Å². The first-order chi connectivity index (χ1) is 12.6. The summed E-state index contributed by atoms with van der Waals surface area (Å²) < 4.78 is 0. The summed E-state index contributed by atoms with van der Waals surface area (Å²) >= 11 is 1.73. The van der Waals surface area contributed by atoms with Gasteiger partial charge in [-0.25, -0.2) is 0 Å². The Morgan fingerprint density at radius 3 is 2.81 bits per heavy atom. The zero-order valence-electron chi connectivity index (χ0n) is 14.9. The second kappa shape index (κ2) is 8.85. The molecule has 136 valence electrons. The van der Waals surface area contributed by atoms with Crippen LogP contribution in [0.25, 0.3) is 0 Å². The molecule has 1 atom stereocenters. The third-order valence-corrected chi connectivity index (χ3v) is 5.47. The van der Waals surface area contributed by atoms with Gasteiger partial charge in [0.25, 0.3) is 0 Å². The van der Waals surface area contributed by atoms with Gasteiger partial charge in [0.05, 0.1) is 5.92 Å². The maximum Gasteiger partial charge on any atom is 0.227 e. The topological polar surface area (TPSA) is 53.5 Å². The Morgan fingerprint density at radius 2 is 2.08 bits per heavy atom. The van der Waals surface area contributed by atoms with Crippen LogP contribution < -0.4 is 0 Å². The summed E-state index contributed by atoms with van der Waals surface area (Å²) in [5, 5.41) is 0. The van der Waals surface area contributed by atoms with Crippen molar-refractivity contribution in [2.24, 2.45) is 5.92 Å². The average Bonchev–Trinajstić information content (AvgIpc) is 3.03. The molecule has 2 heterocycles. The van der Waals surface area contributed by atoms with Crippen LogP contribution >= 0.6 is 11.8 Å². The summed E-state index contributed by atoms with van der Waals surface area (Å²) in [5.74, 6) is 0.692. The molecule has 6 heteroatoms. The molecule has 0 aliphatic carbocycles. The number of likely N-dealkylation sites (tertiary alicyclic amines) is 1. The molecule has 1 aliphatic rings. The molecule has 1 aromatic carbocycles. The number of pyridine rings is 1. The van der Waals surface area contributed by atoms with Gasteiger partial charge in [0.1, 0.15) is 0 Å². The maximum absolute atomic E-state index is 12.7. The molecule has 0 spiro atoms. The van der Waals surface area contributed by atoms with Gasteiger partial charge >= 0.3 is 0 Å². The van der Waals surface area contributed by atoms with Crippen LogP contribution in [0.15, 0.2) is 59.8 Å². The van der Waals surface area contributed by atoms with E-state index in [2.05, 4.69) is 17.1 Å². The molecule has 3 rings (SSSR count). The molecule has 1 saturated heterocycles. The number of rotatable bonds is 7. The minimum absolute atomic E-state index is 0.0410. The van der Waals surface area contributed by atoms with Crippen molar-refractivity contribution in [3.63, 3.8) is 0 Å². The van der Waals surface area contributed by atoms with E-state index >= 15 is 0 Å². The Hall–Kier alpha value is -2.34. The molecule has 5 nitrogen and oxygen atoms in total. The standard InChI is InChI=1S/C20H23N3O2S/c1-22(10-11-26-18-7-3-2-4-8-18)20(25)17-12-19(24)23(15-17)14-16-6-5-9-21-13-16/h2-9,13,17H,10-12,14-15H2,1H3/t17-/m0/s1. The Bertz CT molecular complexity index is 739. The molecule has 0 N–H and O–H groups in total. The first kappa shape index (κ1) is 18.5. The van der Waals surface area contributed by atoms with Crippen LogP contribution in [0, 0.1) is 5.92 Å². The van der Waals surface area contributed by atoms with Crippen LogP contribution in [0.3, 0.4) is 0 Å². The Morgan fingerprint density at radius 1 is 1.27 bits per heavy atom. The van der Waals surface area contributed by atoms with Gasteiger partial charge in [0.15, 0.2) is 0 Å². The van der Waals surface area contributed by atoms with Crippen molar-refractivity contribution < 1.29 is 9.59 Å². The van der Waals surface area contributed by atoms with Gasteiger partial charge in [-0.2, -0.15) is 0 Å². The first-order valence-corrected chi connectivity index (χ1v) is 9.71. The van der Waals surface area contributed by atoms with Gasteiger partial charge in [0.2, 0.25) is 11.8 Å². The number of thioether (sulfide) groups is 1. The van der Waals surface area contributed by atoms with E-state index in [9.17, 15) is 9.59 Å². The fourth-order valence-electron chi connectivity index (χ4n) is 3.04. The predicted octanol–water partition coefficient (Wildman–Crippen LogP) is 2.68. The van der Waals surface area contributed by atoms with Crippen molar-refractivity contribution in [1.82, 2.24) is 14.8 Å². The smallest absolute Gasteiger partial charge is 0.227 e. The van der Waals surface area contributed by atoms with Gasteiger partial charge in [0, 0.05) is 56.1 Å². The molecule has 1 aliphatic heterocycles. The van der Waals surface area contributed by atoms with Gasteiger partial charge in [-0.05, 0) is 23.8 Å². The SMILES string of the molecule is CN(CCSc1ccccc1)C(=O)[C@H]1CC(=O)N(Cc2cccnc2)C1. The summed E-state index contributed by atoms with van der Waals surface area (Å²) in [6.45, 7) is 1.68. The number of carbonyl (C=O) groups is 2. The molecule has 1 aromatic heterocycles. The fourth-order valence-corrected chi connectivity index (χ4v) is 3.99. The van der Waals surface area contributed by atoms with Gasteiger partial charge in [-0.3, -0.25) is 14.6 Å². The minimum Gasteiger partial charge on any atom is -0.345 e. The Balaban J connectivity index is 1.47. The van der Waals surface area contributed by atoms with Gasteiger partial charge in [-0.1, -0.05) is 24.3 Å². The zero-order chi connectivity index (χ0) is 18.4. The second-order valence-corrected chi connectivity index (χ2v) is 7.63. The van der Waals surface area contributed by atoms with Crippen molar-refractivity contribution in [3.8, 4) is 0 Å². The van der Waals surface area contributed by atoms with E-state index in [4.69, 9.17) is 0 Å². The third-order valence-electron chi connectivity index (χ3n) is 4.47. The maximum atomic E-state index is 12.7. The van der Waals surface area contributed by atoms with E-state index < -0.39 is 0 Å². The molecule has 26 heavy (non-hydrogen) atoms. The molecule has 1 fully saturated rings. The molecule has 0 saturated carbocycles. The molecular weight excluding hydrogens is 346 g/mol. The van der Waals surface area contributed by atoms with E-state index in [1.54, 1.807) is 34.0 Å². The number of hydrogen-bond donors (Lipinski definition) is 0. The number of amides is 2. The highest BCUT2D eigenvalue weighted by atomic mass is 32.2. The lowest BCUT2D eigenvalue weighted by Gasteiger charge is -2.21. The first-order valence-electron chi connectivity index (χ1n) is 8.73. The lowest BCUT2D eigenvalue weighted by atomic mass is 10.1. The lowest BCUT2D eigenvalue weighted by Crippen LogP contribution is -2.35. The van der Waals surface area contributed by atoms with Crippen molar-refractivity contribution >= 4 is 23.6 Å². The molecular formula is C20H23N3O2S. The quantitative estimate of drug-likeness (QED) is 0.704. The summed E-state index contributed by atoms with van der Waals surface area (Å²) in [4.78, 5) is 33.7. The van der Waals surface area contributed by atoms with Crippen molar-refractivity contribution in [2.45, 2.75) is 17.9 Å². The molecule has 0 bridgehead atoms. The van der Waals surface area contributed by atoms with Crippen LogP contribution in [0.2, 0.25) is 0 Å². The van der Waals surface area contributed by atoms with Crippen LogP contribution in [0.1, 0.15) is 12.0 Å². The van der Waals surface area contributed by atoms with E-state index in [0.29, 0.717) is 26.1 Å². The monoisotopic (exact) mass is 369 g/mol. The van der Waals surface area contributed by atoms with Crippen LogP contribution in [-0.4, -0.2) is 52.5 Å². The second-order valence-electron chi connectivity index (χ2n) is 6.46. The molecule has 0 unspecified atom stereocenters. The van der Waals surface area contributed by atoms with Gasteiger partial charge < -0.3 is 9.80 Å². The normalized spacial score (nSPS) is 16.7. The number of carbonyl (C=O) groups excluding carboxylic acids is 2. The van der Waals surface area contributed by atoms with E-state index in [1.807, 2.05) is 37.4 Å². The van der Waals surface area contributed by atoms with Crippen LogP contribution in [0.4, 0.5) is 0 Å². The number of benzene rings is 1. The van der Waals surface area contributed by atoms with Crippen molar-refractivity contribution in [2.75, 3.05) is 25.9 Å². The highest BCUT2D eigenvalue weighted by Crippen LogP contribution is 2.22. The van der Waals surface area contributed by atoms with E-state index in [-0.39, 0.29) is 17.7 Å². The van der Waals surface area contributed by atoms with Crippen LogP contribution in [-0.2, 0) is 16.1 Å². The predicted molar refractivity (Wildman–Crippen MR) is 103 cm³/mol. The molecule has 0 radical (unpaired) electrons. The molecule has 2 amide bonds. The highest BCUT2D eigenvalue weighted by Gasteiger charge is 2.35. The van der Waals surface area contributed by atoms with E-state index in [0.717, 1.165) is 11.3 Å². The zero-order valence-corrected chi connectivity index (χ0v) is 15.7. The van der Waals surface area contributed by atoms with Crippen LogP contribution in [0.5, 0.6) is 0 Å². The summed E-state index contributed by atoms with van der Waals surface area (Å²) in [6.07, 6.45) is 3.77. The average molecular weight is 369 g/mol. The number of aromatic nitrogens is 1. The Kier molecular flexibility index (Phi) is 6.28. The summed E-state index contributed by atoms with van der Waals surface area (Å²) in [6, 6.07) is 14.0.